The molecule has 0 bridgehead atoms. The summed E-state index contributed by atoms with van der Waals surface area (Å²) >= 11 is 25.6. The Kier molecular flexibility index (Phi) is 9.40. The molecule has 2 amide bonds. The highest BCUT2D eigenvalue weighted by Gasteiger charge is 2.29. The van der Waals surface area contributed by atoms with Gasteiger partial charge in [0.15, 0.2) is 11.5 Å². The Morgan fingerprint density at radius 1 is 0.872 bits per heavy atom. The quantitative estimate of drug-likeness (QED) is 0.134. The van der Waals surface area contributed by atoms with Crippen LogP contribution in [0, 0.1) is 0 Å². The summed E-state index contributed by atoms with van der Waals surface area (Å²) in [5.41, 5.74) is -0.0785. The van der Waals surface area contributed by atoms with E-state index in [1.807, 2.05) is 6.92 Å². The maximum absolute atomic E-state index is 13.1. The van der Waals surface area contributed by atoms with Gasteiger partial charge in [0.2, 0.25) is 5.91 Å². The van der Waals surface area contributed by atoms with Gasteiger partial charge in [0.05, 0.1) is 36.5 Å². The van der Waals surface area contributed by atoms with E-state index in [4.69, 9.17) is 55.9 Å². The number of thioether (sulfide) groups is 1. The van der Waals surface area contributed by atoms with Gasteiger partial charge in [-0.3, -0.25) is 9.59 Å². The molecule has 13 heteroatoms. The SMILES string of the molecule is CCC(Sc1cccc(NC(=O)c2c(Cl)c(Cl)c(Cl)c(Cl)c2C(=O)O)c1)C(=O)Nc1ccc2c(c1)OCCO2. The van der Waals surface area contributed by atoms with Crippen LogP contribution in [0.5, 0.6) is 11.5 Å². The molecular weight excluding hydrogens is 610 g/mol. The van der Waals surface area contributed by atoms with Crippen molar-refractivity contribution in [2.45, 2.75) is 23.5 Å². The van der Waals surface area contributed by atoms with Crippen LogP contribution in [0.2, 0.25) is 20.1 Å². The molecule has 0 aromatic heterocycles. The number of carboxylic acids is 1. The van der Waals surface area contributed by atoms with Crippen molar-refractivity contribution in [3.05, 3.63) is 73.7 Å². The number of nitrogens with one attached hydrogen (secondary N) is 2. The molecule has 0 saturated heterocycles. The summed E-state index contributed by atoms with van der Waals surface area (Å²) < 4.78 is 11.1. The Morgan fingerprint density at radius 2 is 1.51 bits per heavy atom. The van der Waals surface area contributed by atoms with Crippen molar-refractivity contribution in [2.75, 3.05) is 23.8 Å². The summed E-state index contributed by atoms with van der Waals surface area (Å²) in [4.78, 5) is 38.6. The van der Waals surface area contributed by atoms with Crippen LogP contribution in [0.1, 0.15) is 34.1 Å². The highest BCUT2D eigenvalue weighted by atomic mass is 35.5. The van der Waals surface area contributed by atoms with E-state index in [-0.39, 0.29) is 21.0 Å². The summed E-state index contributed by atoms with van der Waals surface area (Å²) in [6.45, 7) is 2.80. The minimum absolute atomic E-state index is 0.211. The molecule has 3 aromatic carbocycles. The first-order valence-corrected chi connectivity index (χ1v) is 13.9. The van der Waals surface area contributed by atoms with Crippen LogP contribution in [0.25, 0.3) is 0 Å². The first-order valence-electron chi connectivity index (χ1n) is 11.5. The fourth-order valence-electron chi connectivity index (χ4n) is 3.72. The van der Waals surface area contributed by atoms with Crippen LogP contribution in [0.3, 0.4) is 0 Å². The monoisotopic (exact) mass is 628 g/mol. The van der Waals surface area contributed by atoms with Crippen LogP contribution >= 0.6 is 58.2 Å². The molecule has 0 aliphatic carbocycles. The lowest BCUT2D eigenvalue weighted by molar-refractivity contribution is -0.115. The molecule has 0 fully saturated rings. The molecule has 0 saturated carbocycles. The van der Waals surface area contributed by atoms with E-state index in [0.717, 1.165) is 0 Å². The van der Waals surface area contributed by atoms with Crippen LogP contribution in [-0.2, 0) is 4.79 Å². The van der Waals surface area contributed by atoms with Gasteiger partial charge < -0.3 is 25.2 Å². The first-order chi connectivity index (χ1) is 18.6. The maximum Gasteiger partial charge on any atom is 0.338 e. The van der Waals surface area contributed by atoms with Gasteiger partial charge in [-0.1, -0.05) is 59.4 Å². The molecule has 1 heterocycles. The number of rotatable bonds is 8. The average molecular weight is 630 g/mol. The molecule has 1 aliphatic rings. The minimum Gasteiger partial charge on any atom is -0.486 e. The summed E-state index contributed by atoms with van der Waals surface area (Å²) in [5.74, 6) is -1.36. The van der Waals surface area contributed by atoms with Gasteiger partial charge in [-0.05, 0) is 36.8 Å². The lowest BCUT2D eigenvalue weighted by Crippen LogP contribution is -2.24. The van der Waals surface area contributed by atoms with Gasteiger partial charge >= 0.3 is 5.97 Å². The molecule has 204 valence electrons. The number of benzene rings is 3. The fraction of sp³-hybridized carbons (Fsp3) is 0.192. The van der Waals surface area contributed by atoms with E-state index < -0.39 is 33.3 Å². The zero-order valence-corrected chi connectivity index (χ0v) is 24.0. The van der Waals surface area contributed by atoms with E-state index >= 15 is 0 Å². The van der Waals surface area contributed by atoms with E-state index in [9.17, 15) is 19.5 Å². The smallest absolute Gasteiger partial charge is 0.338 e. The number of hydrogen-bond acceptors (Lipinski definition) is 6. The number of amides is 2. The normalized spacial score (nSPS) is 12.9. The predicted octanol–water partition coefficient (Wildman–Crippen LogP) is 7.53. The Morgan fingerprint density at radius 3 is 2.18 bits per heavy atom. The number of carbonyl (C=O) groups excluding carboxylic acids is 2. The standard InChI is InChI=1S/C26H20Cl4N2O6S/c1-2-17(24(33)31-13-6-7-15-16(11-13)38-9-8-37-15)39-14-5-3-4-12(10-14)32-25(34)18-19(26(35)36)21(28)23(30)22(29)20(18)27/h3-7,10-11,17H,2,8-9H2,1H3,(H,31,33)(H,32,34)(H,35,36). The van der Waals surface area contributed by atoms with Crippen molar-refractivity contribution in [2.24, 2.45) is 0 Å². The van der Waals surface area contributed by atoms with Crippen molar-refractivity contribution < 1.29 is 29.0 Å². The number of carboxylic acid groups (broad SMARTS) is 1. The van der Waals surface area contributed by atoms with Gasteiger partial charge in [0, 0.05) is 22.3 Å². The zero-order chi connectivity index (χ0) is 28.3. The molecule has 0 spiro atoms. The van der Waals surface area contributed by atoms with Crippen molar-refractivity contribution in [1.82, 2.24) is 0 Å². The number of hydrogen-bond donors (Lipinski definition) is 3. The third-order valence-corrected chi connectivity index (χ3v) is 8.71. The maximum atomic E-state index is 13.1. The molecule has 3 aromatic rings. The van der Waals surface area contributed by atoms with Gasteiger partial charge in [-0.2, -0.15) is 0 Å². The number of carbonyl (C=O) groups is 3. The molecule has 0 radical (unpaired) electrons. The topological polar surface area (TPSA) is 114 Å². The molecule has 1 atom stereocenters. The Bertz CT molecular complexity index is 1470. The highest BCUT2D eigenvalue weighted by Crippen LogP contribution is 2.42. The van der Waals surface area contributed by atoms with Gasteiger partial charge in [0.25, 0.3) is 5.91 Å². The minimum atomic E-state index is -1.50. The highest BCUT2D eigenvalue weighted by molar-refractivity contribution is 8.00. The molecule has 1 aliphatic heterocycles. The second-order valence-electron chi connectivity index (χ2n) is 8.16. The van der Waals surface area contributed by atoms with Crippen LogP contribution < -0.4 is 20.1 Å². The van der Waals surface area contributed by atoms with E-state index in [2.05, 4.69) is 10.6 Å². The average Bonchev–Trinajstić information content (AvgIpc) is 2.92. The lowest BCUT2D eigenvalue weighted by atomic mass is 10.1. The third kappa shape index (κ3) is 6.50. The van der Waals surface area contributed by atoms with Gasteiger partial charge in [-0.15, -0.1) is 11.8 Å². The number of ether oxygens (including phenoxy) is 2. The van der Waals surface area contributed by atoms with Crippen LogP contribution in [0.15, 0.2) is 47.4 Å². The van der Waals surface area contributed by atoms with Gasteiger partial charge in [0.1, 0.15) is 13.2 Å². The van der Waals surface area contributed by atoms with Crippen molar-refractivity contribution in [1.29, 1.82) is 0 Å². The lowest BCUT2D eigenvalue weighted by Gasteiger charge is -2.20. The molecule has 3 N–H and O–H groups in total. The number of aromatic carboxylic acids is 1. The summed E-state index contributed by atoms with van der Waals surface area (Å²) in [6.07, 6.45) is 0.525. The third-order valence-electron chi connectivity index (χ3n) is 5.55. The van der Waals surface area contributed by atoms with Crippen molar-refractivity contribution >= 4 is 87.3 Å². The Balaban J connectivity index is 1.50. The van der Waals surface area contributed by atoms with Crippen LogP contribution in [-0.4, -0.2) is 41.4 Å². The van der Waals surface area contributed by atoms with Gasteiger partial charge in [-0.25, -0.2) is 4.79 Å². The summed E-state index contributed by atoms with van der Waals surface area (Å²) in [7, 11) is 0. The molecule has 4 rings (SSSR count). The number of fused-ring (bicyclic) bond motifs is 1. The van der Waals surface area contributed by atoms with Crippen molar-refractivity contribution in [3.8, 4) is 11.5 Å². The molecule has 8 nitrogen and oxygen atoms in total. The number of anilines is 2. The predicted molar refractivity (Wildman–Crippen MR) is 154 cm³/mol. The van der Waals surface area contributed by atoms with E-state index in [1.165, 1.54) is 11.8 Å². The first kappa shape index (κ1) is 29.2. The molecule has 1 unspecified atom stereocenters. The van der Waals surface area contributed by atoms with Crippen molar-refractivity contribution in [3.63, 3.8) is 0 Å². The number of halogens is 4. The van der Waals surface area contributed by atoms with E-state index in [1.54, 1.807) is 42.5 Å². The summed E-state index contributed by atoms with van der Waals surface area (Å²) in [6, 6.07) is 11.9. The Hall–Kier alpha value is -2.82. The second kappa shape index (κ2) is 12.6. The molecular formula is C26H20Cl4N2O6S. The molecule has 39 heavy (non-hydrogen) atoms. The zero-order valence-electron chi connectivity index (χ0n) is 20.1. The van der Waals surface area contributed by atoms with Crippen LogP contribution in [0.4, 0.5) is 11.4 Å². The van der Waals surface area contributed by atoms with E-state index in [0.29, 0.717) is 47.4 Å². The summed E-state index contributed by atoms with van der Waals surface area (Å²) in [5, 5.41) is 13.4. The second-order valence-corrected chi connectivity index (χ2v) is 10.9. The Labute approximate surface area is 247 Å². The largest absolute Gasteiger partial charge is 0.486 e. The fourth-order valence-corrected chi connectivity index (χ4v) is 5.75.